The van der Waals surface area contributed by atoms with Crippen molar-refractivity contribution in [3.63, 3.8) is 0 Å². The van der Waals surface area contributed by atoms with Gasteiger partial charge in [-0.1, -0.05) is 20.8 Å². The smallest absolute Gasteiger partial charge is 0.274 e. The summed E-state index contributed by atoms with van der Waals surface area (Å²) in [6, 6.07) is 5.93. The first-order valence-corrected chi connectivity index (χ1v) is 10.1. The first-order chi connectivity index (χ1) is 13.8. The van der Waals surface area contributed by atoms with E-state index in [1.54, 1.807) is 4.90 Å². The van der Waals surface area contributed by atoms with Crippen LogP contribution in [0.3, 0.4) is 0 Å². The molecule has 3 aromatic heterocycles. The maximum Gasteiger partial charge on any atom is 0.274 e. The van der Waals surface area contributed by atoms with Gasteiger partial charge in [-0.3, -0.25) is 9.89 Å². The van der Waals surface area contributed by atoms with Gasteiger partial charge in [-0.05, 0) is 31.0 Å². The van der Waals surface area contributed by atoms with Gasteiger partial charge in [-0.2, -0.15) is 9.61 Å². The van der Waals surface area contributed by atoms with Crippen molar-refractivity contribution in [2.75, 3.05) is 25.0 Å². The average molecular weight is 394 g/mol. The Labute approximate surface area is 169 Å². The number of rotatable bonds is 4. The van der Waals surface area contributed by atoms with Crippen molar-refractivity contribution in [3.8, 4) is 0 Å². The van der Waals surface area contributed by atoms with Gasteiger partial charge in [0.2, 0.25) is 0 Å². The second-order valence-corrected chi connectivity index (χ2v) is 9.19. The number of H-pyrrole nitrogens is 1. The van der Waals surface area contributed by atoms with Crippen LogP contribution in [0.4, 0.5) is 5.82 Å². The molecule has 1 aliphatic heterocycles. The molecule has 152 valence electrons. The van der Waals surface area contributed by atoms with Crippen LogP contribution in [0.15, 0.2) is 18.2 Å². The molecule has 9 heteroatoms. The monoisotopic (exact) mass is 394 g/mol. The number of carbonyl (C=O) groups is 1. The highest BCUT2D eigenvalue weighted by Gasteiger charge is 2.35. The van der Waals surface area contributed by atoms with Gasteiger partial charge in [-0.25, -0.2) is 0 Å². The molecule has 4 heterocycles. The summed E-state index contributed by atoms with van der Waals surface area (Å²) in [4.78, 5) is 16.8. The van der Waals surface area contributed by atoms with Crippen LogP contribution in [-0.2, 0) is 5.41 Å². The molecule has 2 fully saturated rings. The van der Waals surface area contributed by atoms with Crippen molar-refractivity contribution in [1.82, 2.24) is 34.9 Å². The molecule has 1 saturated carbocycles. The van der Waals surface area contributed by atoms with E-state index in [1.807, 2.05) is 29.8 Å². The first-order valence-electron chi connectivity index (χ1n) is 10.1. The van der Waals surface area contributed by atoms with E-state index >= 15 is 0 Å². The summed E-state index contributed by atoms with van der Waals surface area (Å²) in [5.74, 6) is 2.29. The van der Waals surface area contributed by atoms with Gasteiger partial charge in [0.25, 0.3) is 5.91 Å². The number of fused-ring (bicyclic) bond motifs is 1. The number of amides is 1. The number of hydrogen-bond donors (Lipinski definition) is 1. The Morgan fingerprint density at radius 3 is 2.62 bits per heavy atom. The van der Waals surface area contributed by atoms with Crippen molar-refractivity contribution >= 4 is 17.4 Å². The Bertz CT molecular complexity index is 1070. The summed E-state index contributed by atoms with van der Waals surface area (Å²) in [7, 11) is 1.84. The van der Waals surface area contributed by atoms with Crippen molar-refractivity contribution in [3.05, 3.63) is 35.4 Å². The van der Waals surface area contributed by atoms with E-state index in [2.05, 4.69) is 46.1 Å². The van der Waals surface area contributed by atoms with Crippen molar-refractivity contribution in [2.24, 2.45) is 0 Å². The average Bonchev–Trinajstić information content (AvgIpc) is 3.19. The molecule has 5 rings (SSSR count). The molecule has 1 N–H and O–H groups in total. The fourth-order valence-corrected chi connectivity index (χ4v) is 3.61. The standard InChI is InChI=1S/C20H26N8O/c1-20(2,3)15-9-14(21-22-15)19(29)26(4)13-10-27(11-13)17-8-7-16-23-24-18(12-5-6-12)28(16)25-17/h7-9,12-13H,5-6,10-11H2,1-4H3,(H,21,22). The highest BCUT2D eigenvalue weighted by Crippen LogP contribution is 2.38. The van der Waals surface area contributed by atoms with Crippen LogP contribution in [-0.4, -0.2) is 67.0 Å². The van der Waals surface area contributed by atoms with Crippen LogP contribution < -0.4 is 4.90 Å². The van der Waals surface area contributed by atoms with Crippen LogP contribution in [0.5, 0.6) is 0 Å². The van der Waals surface area contributed by atoms with Crippen LogP contribution >= 0.6 is 0 Å². The summed E-state index contributed by atoms with van der Waals surface area (Å²) in [6.45, 7) is 7.78. The molecule has 9 nitrogen and oxygen atoms in total. The SMILES string of the molecule is CN(C(=O)c1cc(C(C)(C)C)[nH]n1)C1CN(c2ccc3nnc(C4CC4)n3n2)C1. The van der Waals surface area contributed by atoms with Gasteiger partial charge in [0.15, 0.2) is 11.5 Å². The summed E-state index contributed by atoms with van der Waals surface area (Å²) in [5.41, 5.74) is 2.15. The molecule has 1 amide bonds. The minimum absolute atomic E-state index is 0.0559. The maximum absolute atomic E-state index is 12.8. The molecule has 0 spiro atoms. The van der Waals surface area contributed by atoms with E-state index in [4.69, 9.17) is 5.10 Å². The number of aromatic amines is 1. The zero-order valence-corrected chi connectivity index (χ0v) is 17.3. The lowest BCUT2D eigenvalue weighted by Crippen LogP contribution is -2.60. The van der Waals surface area contributed by atoms with Gasteiger partial charge >= 0.3 is 0 Å². The van der Waals surface area contributed by atoms with E-state index in [1.165, 1.54) is 0 Å². The van der Waals surface area contributed by atoms with Gasteiger partial charge in [0, 0.05) is 37.2 Å². The molecular weight excluding hydrogens is 368 g/mol. The van der Waals surface area contributed by atoms with Crippen LogP contribution in [0.1, 0.15) is 61.5 Å². The molecule has 1 aliphatic carbocycles. The molecule has 3 aromatic rings. The van der Waals surface area contributed by atoms with Crippen molar-refractivity contribution in [2.45, 2.75) is 51.0 Å². The number of anilines is 1. The molecule has 1 saturated heterocycles. The van der Waals surface area contributed by atoms with E-state index < -0.39 is 0 Å². The van der Waals surface area contributed by atoms with Crippen LogP contribution in [0.25, 0.3) is 5.65 Å². The highest BCUT2D eigenvalue weighted by molar-refractivity contribution is 5.92. The number of likely N-dealkylation sites (N-methyl/N-ethyl adjacent to an activating group) is 1. The molecule has 2 aliphatic rings. The number of nitrogens with one attached hydrogen (secondary N) is 1. The van der Waals surface area contributed by atoms with E-state index in [9.17, 15) is 4.79 Å². The third-order valence-corrected chi connectivity index (χ3v) is 5.87. The third kappa shape index (κ3) is 3.14. The van der Waals surface area contributed by atoms with Gasteiger partial charge in [0.05, 0.1) is 6.04 Å². The quantitative estimate of drug-likeness (QED) is 0.727. The van der Waals surface area contributed by atoms with Crippen molar-refractivity contribution < 1.29 is 4.79 Å². The maximum atomic E-state index is 12.8. The normalized spacial score (nSPS) is 17.6. The fraction of sp³-hybridized carbons (Fsp3) is 0.550. The first kappa shape index (κ1) is 18.1. The Balaban J connectivity index is 1.26. The van der Waals surface area contributed by atoms with E-state index in [0.717, 1.165) is 48.9 Å². The van der Waals surface area contributed by atoms with Crippen LogP contribution in [0.2, 0.25) is 0 Å². The third-order valence-electron chi connectivity index (χ3n) is 5.87. The molecule has 0 atom stereocenters. The zero-order valence-electron chi connectivity index (χ0n) is 17.3. The second kappa shape index (κ2) is 6.27. The largest absolute Gasteiger partial charge is 0.351 e. The summed E-state index contributed by atoms with van der Waals surface area (Å²) < 4.78 is 1.87. The summed E-state index contributed by atoms with van der Waals surface area (Å²) >= 11 is 0. The minimum atomic E-state index is -0.0663. The number of hydrogen-bond acceptors (Lipinski definition) is 6. The Morgan fingerprint density at radius 2 is 1.97 bits per heavy atom. The molecule has 0 radical (unpaired) electrons. The lowest BCUT2D eigenvalue weighted by atomic mass is 9.92. The Hall–Kier alpha value is -2.97. The predicted molar refractivity (Wildman–Crippen MR) is 108 cm³/mol. The minimum Gasteiger partial charge on any atom is -0.351 e. The number of carbonyl (C=O) groups excluding carboxylic acids is 1. The number of nitrogens with zero attached hydrogens (tertiary/aromatic N) is 7. The molecule has 29 heavy (non-hydrogen) atoms. The van der Waals surface area contributed by atoms with E-state index in [0.29, 0.717) is 11.6 Å². The molecule has 0 aromatic carbocycles. The van der Waals surface area contributed by atoms with E-state index in [-0.39, 0.29) is 17.4 Å². The lowest BCUT2D eigenvalue weighted by Gasteiger charge is -2.44. The van der Waals surface area contributed by atoms with Gasteiger partial charge in [-0.15, -0.1) is 15.3 Å². The van der Waals surface area contributed by atoms with Crippen molar-refractivity contribution in [1.29, 1.82) is 0 Å². The summed E-state index contributed by atoms with van der Waals surface area (Å²) in [5, 5.41) is 20.5. The predicted octanol–water partition coefficient (Wildman–Crippen LogP) is 1.98. The highest BCUT2D eigenvalue weighted by atomic mass is 16.2. The molecular formula is C20H26N8O. The molecule has 0 unspecified atom stereocenters. The Morgan fingerprint density at radius 1 is 1.21 bits per heavy atom. The lowest BCUT2D eigenvalue weighted by molar-refractivity contribution is 0.0699. The Kier molecular flexibility index (Phi) is 3.91. The fourth-order valence-electron chi connectivity index (χ4n) is 3.61. The van der Waals surface area contributed by atoms with Gasteiger partial charge in [0.1, 0.15) is 11.5 Å². The topological polar surface area (TPSA) is 95.3 Å². The van der Waals surface area contributed by atoms with Crippen LogP contribution in [0, 0.1) is 0 Å². The number of aromatic nitrogens is 6. The zero-order chi connectivity index (χ0) is 20.3. The molecule has 0 bridgehead atoms. The van der Waals surface area contributed by atoms with Gasteiger partial charge < -0.3 is 9.80 Å². The second-order valence-electron chi connectivity index (χ2n) is 9.19. The summed E-state index contributed by atoms with van der Waals surface area (Å²) in [6.07, 6.45) is 2.32.